The van der Waals surface area contributed by atoms with Crippen molar-refractivity contribution in [1.82, 2.24) is 0 Å². The minimum absolute atomic E-state index is 0.00839. The maximum Gasteiger partial charge on any atom is 0.0629 e. The van der Waals surface area contributed by atoms with Crippen LogP contribution in [-0.2, 0) is 4.74 Å². The molecular weight excluding hydrogens is 210 g/mol. The fourth-order valence-electron chi connectivity index (χ4n) is 2.85. The van der Waals surface area contributed by atoms with Gasteiger partial charge in [0.25, 0.3) is 0 Å². The summed E-state index contributed by atoms with van der Waals surface area (Å²) in [6.45, 7) is 9.73. The quantitative estimate of drug-likeness (QED) is 0.719. The Morgan fingerprint density at radius 1 is 1.35 bits per heavy atom. The second-order valence-electron chi connectivity index (χ2n) is 6.45. The van der Waals surface area contributed by atoms with E-state index in [9.17, 15) is 0 Å². The Morgan fingerprint density at radius 2 is 2.06 bits per heavy atom. The summed E-state index contributed by atoms with van der Waals surface area (Å²) < 4.78 is 5.77. The topological polar surface area (TPSA) is 33.0 Å². The molecule has 0 unspecified atom stereocenters. The number of nitriles is 1. The van der Waals surface area contributed by atoms with Crippen molar-refractivity contribution in [3.05, 3.63) is 0 Å². The molecule has 0 amide bonds. The van der Waals surface area contributed by atoms with E-state index in [2.05, 4.69) is 33.8 Å². The maximum atomic E-state index is 8.98. The van der Waals surface area contributed by atoms with Crippen LogP contribution in [0.1, 0.15) is 59.8 Å². The third-order valence-electron chi connectivity index (χ3n) is 3.87. The van der Waals surface area contributed by atoms with Gasteiger partial charge in [0.05, 0.1) is 11.7 Å². The normalized spacial score (nSPS) is 25.5. The summed E-state index contributed by atoms with van der Waals surface area (Å²) in [5.41, 5.74) is 0.00839. The van der Waals surface area contributed by atoms with Gasteiger partial charge in [-0.1, -0.05) is 20.3 Å². The first-order valence-corrected chi connectivity index (χ1v) is 6.95. The lowest BCUT2D eigenvalue weighted by atomic mass is 9.76. The predicted molar refractivity (Wildman–Crippen MR) is 70.5 cm³/mol. The van der Waals surface area contributed by atoms with E-state index in [1.165, 1.54) is 12.8 Å². The van der Waals surface area contributed by atoms with Gasteiger partial charge in [-0.05, 0) is 50.9 Å². The fraction of sp³-hybridized carbons (Fsp3) is 0.933. The van der Waals surface area contributed by atoms with E-state index in [4.69, 9.17) is 10.00 Å². The van der Waals surface area contributed by atoms with Gasteiger partial charge in [0.15, 0.2) is 0 Å². The Balaban J connectivity index is 2.54. The molecule has 0 aliphatic carbocycles. The zero-order valence-electron chi connectivity index (χ0n) is 11.8. The standard InChI is InChI=1S/C15H27NO/c1-12(2)5-6-13(7-9-16)14-8-10-17-15(3,4)11-14/h12-14H,5-8,10-11H2,1-4H3/t13-,14+/m0/s1. The van der Waals surface area contributed by atoms with Gasteiger partial charge in [0.1, 0.15) is 0 Å². The molecule has 2 heteroatoms. The first-order chi connectivity index (χ1) is 7.94. The Bertz CT molecular complexity index is 265. The van der Waals surface area contributed by atoms with Crippen molar-refractivity contribution < 1.29 is 4.74 Å². The van der Waals surface area contributed by atoms with Crippen molar-refractivity contribution in [3.63, 3.8) is 0 Å². The minimum atomic E-state index is 0.00839. The van der Waals surface area contributed by atoms with E-state index < -0.39 is 0 Å². The van der Waals surface area contributed by atoms with Crippen molar-refractivity contribution in [2.45, 2.75) is 65.4 Å². The van der Waals surface area contributed by atoms with Crippen molar-refractivity contribution in [2.75, 3.05) is 6.61 Å². The number of hydrogen-bond donors (Lipinski definition) is 0. The molecule has 0 bridgehead atoms. The van der Waals surface area contributed by atoms with Crippen LogP contribution in [0.2, 0.25) is 0 Å². The highest BCUT2D eigenvalue weighted by atomic mass is 16.5. The van der Waals surface area contributed by atoms with E-state index in [1.54, 1.807) is 0 Å². The van der Waals surface area contributed by atoms with Crippen LogP contribution >= 0.6 is 0 Å². The smallest absolute Gasteiger partial charge is 0.0629 e. The largest absolute Gasteiger partial charge is 0.376 e. The van der Waals surface area contributed by atoms with Crippen molar-refractivity contribution >= 4 is 0 Å². The van der Waals surface area contributed by atoms with E-state index in [0.717, 1.165) is 25.4 Å². The van der Waals surface area contributed by atoms with E-state index in [1.807, 2.05) is 0 Å². The highest BCUT2D eigenvalue weighted by Gasteiger charge is 2.33. The second kappa shape index (κ2) is 6.40. The van der Waals surface area contributed by atoms with Crippen LogP contribution in [0.3, 0.4) is 0 Å². The monoisotopic (exact) mass is 237 g/mol. The molecule has 2 nitrogen and oxygen atoms in total. The van der Waals surface area contributed by atoms with Crippen LogP contribution in [0.5, 0.6) is 0 Å². The number of rotatable bonds is 5. The van der Waals surface area contributed by atoms with Gasteiger partial charge in [-0.2, -0.15) is 5.26 Å². The summed E-state index contributed by atoms with van der Waals surface area (Å²) in [5.74, 6) is 1.99. The summed E-state index contributed by atoms with van der Waals surface area (Å²) in [6.07, 6.45) is 5.40. The van der Waals surface area contributed by atoms with Crippen LogP contribution in [0.4, 0.5) is 0 Å². The Morgan fingerprint density at radius 3 is 2.59 bits per heavy atom. The lowest BCUT2D eigenvalue weighted by Crippen LogP contribution is -2.36. The third kappa shape index (κ3) is 5.08. The average molecular weight is 237 g/mol. The lowest BCUT2D eigenvalue weighted by molar-refractivity contribution is -0.0830. The molecule has 0 N–H and O–H groups in total. The maximum absolute atomic E-state index is 8.98. The van der Waals surface area contributed by atoms with E-state index in [-0.39, 0.29) is 5.60 Å². The second-order valence-corrected chi connectivity index (χ2v) is 6.45. The molecule has 1 aliphatic heterocycles. The van der Waals surface area contributed by atoms with Crippen LogP contribution in [0.25, 0.3) is 0 Å². The van der Waals surface area contributed by atoms with Crippen molar-refractivity contribution in [3.8, 4) is 6.07 Å². The molecule has 1 heterocycles. The van der Waals surface area contributed by atoms with Crippen LogP contribution in [-0.4, -0.2) is 12.2 Å². The third-order valence-corrected chi connectivity index (χ3v) is 3.87. The molecule has 17 heavy (non-hydrogen) atoms. The van der Waals surface area contributed by atoms with Crippen LogP contribution in [0.15, 0.2) is 0 Å². The molecule has 0 aromatic carbocycles. The van der Waals surface area contributed by atoms with Crippen molar-refractivity contribution in [1.29, 1.82) is 5.26 Å². The van der Waals surface area contributed by atoms with Crippen molar-refractivity contribution in [2.24, 2.45) is 17.8 Å². The summed E-state index contributed by atoms with van der Waals surface area (Å²) >= 11 is 0. The molecule has 2 atom stereocenters. The Kier molecular flexibility index (Phi) is 5.46. The van der Waals surface area contributed by atoms with Gasteiger partial charge < -0.3 is 4.74 Å². The fourth-order valence-corrected chi connectivity index (χ4v) is 2.85. The van der Waals surface area contributed by atoms with Gasteiger partial charge in [0, 0.05) is 13.0 Å². The molecule has 1 fully saturated rings. The van der Waals surface area contributed by atoms with Crippen LogP contribution in [0, 0.1) is 29.1 Å². The Hall–Kier alpha value is -0.550. The molecular formula is C15H27NO. The molecule has 0 aromatic rings. The number of hydrogen-bond acceptors (Lipinski definition) is 2. The minimum Gasteiger partial charge on any atom is -0.376 e. The summed E-state index contributed by atoms with van der Waals surface area (Å²) in [5, 5.41) is 8.98. The summed E-state index contributed by atoms with van der Waals surface area (Å²) in [4.78, 5) is 0. The molecule has 1 rings (SSSR count). The van der Waals surface area contributed by atoms with Gasteiger partial charge in [-0.25, -0.2) is 0 Å². The van der Waals surface area contributed by atoms with E-state index >= 15 is 0 Å². The number of nitrogens with zero attached hydrogens (tertiary/aromatic N) is 1. The number of ether oxygens (including phenoxy) is 1. The van der Waals surface area contributed by atoms with E-state index in [0.29, 0.717) is 18.3 Å². The van der Waals surface area contributed by atoms with Gasteiger partial charge >= 0.3 is 0 Å². The lowest BCUT2D eigenvalue weighted by Gasteiger charge is -2.39. The van der Waals surface area contributed by atoms with Gasteiger partial charge in [-0.3, -0.25) is 0 Å². The highest BCUT2D eigenvalue weighted by molar-refractivity contribution is 4.87. The summed E-state index contributed by atoms with van der Waals surface area (Å²) in [7, 11) is 0. The molecule has 0 saturated carbocycles. The molecule has 0 spiro atoms. The molecule has 0 aromatic heterocycles. The van der Waals surface area contributed by atoms with Gasteiger partial charge in [-0.15, -0.1) is 0 Å². The zero-order chi connectivity index (χ0) is 12.9. The van der Waals surface area contributed by atoms with Crippen LogP contribution < -0.4 is 0 Å². The van der Waals surface area contributed by atoms with Gasteiger partial charge in [0.2, 0.25) is 0 Å². The molecule has 1 saturated heterocycles. The molecule has 0 radical (unpaired) electrons. The molecule has 1 aliphatic rings. The first kappa shape index (κ1) is 14.5. The Labute approximate surface area is 106 Å². The predicted octanol–water partition coefficient (Wildman–Crippen LogP) is 4.16. The first-order valence-electron chi connectivity index (χ1n) is 6.95. The molecule has 98 valence electrons. The zero-order valence-corrected chi connectivity index (χ0v) is 11.8. The average Bonchev–Trinajstić information content (AvgIpc) is 2.22. The highest BCUT2D eigenvalue weighted by Crippen LogP contribution is 2.37. The summed E-state index contributed by atoms with van der Waals surface area (Å²) in [6, 6.07) is 2.38. The SMILES string of the molecule is CC(C)CC[C@@H](CC#N)[C@@H]1CCOC(C)(C)C1.